The molecule has 0 bridgehead atoms. The van der Waals surface area contributed by atoms with E-state index in [1.807, 2.05) is 12.1 Å². The molecule has 0 aliphatic heterocycles. The van der Waals surface area contributed by atoms with Gasteiger partial charge >= 0.3 is 0 Å². The SMILES string of the molecule is CCc1ccc(CNCCN(C)C)o1. The molecular formula is C11H20N2O. The van der Waals surface area contributed by atoms with Crippen LogP contribution in [0.2, 0.25) is 0 Å². The first kappa shape index (κ1) is 11.3. The van der Waals surface area contributed by atoms with Gasteiger partial charge in [-0.2, -0.15) is 0 Å². The molecule has 0 atom stereocenters. The van der Waals surface area contributed by atoms with Crippen molar-refractivity contribution in [2.24, 2.45) is 0 Å². The van der Waals surface area contributed by atoms with Crippen molar-refractivity contribution >= 4 is 0 Å². The molecule has 1 N–H and O–H groups in total. The van der Waals surface area contributed by atoms with Crippen molar-refractivity contribution < 1.29 is 4.42 Å². The molecule has 0 aliphatic carbocycles. The van der Waals surface area contributed by atoms with Crippen LogP contribution in [0.1, 0.15) is 18.4 Å². The van der Waals surface area contributed by atoms with E-state index in [1.54, 1.807) is 0 Å². The zero-order valence-corrected chi connectivity index (χ0v) is 9.34. The molecule has 1 aromatic heterocycles. The van der Waals surface area contributed by atoms with Crippen LogP contribution in [0.15, 0.2) is 16.5 Å². The summed E-state index contributed by atoms with van der Waals surface area (Å²) in [6, 6.07) is 4.09. The maximum atomic E-state index is 5.56. The minimum atomic E-state index is 0.827. The van der Waals surface area contributed by atoms with Gasteiger partial charge in [0.1, 0.15) is 11.5 Å². The fraction of sp³-hybridized carbons (Fsp3) is 0.636. The molecule has 0 saturated heterocycles. The van der Waals surface area contributed by atoms with Gasteiger partial charge in [-0.05, 0) is 26.2 Å². The monoisotopic (exact) mass is 196 g/mol. The molecule has 1 heterocycles. The molecule has 0 amide bonds. The lowest BCUT2D eigenvalue weighted by molar-refractivity contribution is 0.388. The Morgan fingerprint density at radius 2 is 2.00 bits per heavy atom. The minimum absolute atomic E-state index is 0.827. The van der Waals surface area contributed by atoms with Gasteiger partial charge in [0.25, 0.3) is 0 Å². The third kappa shape index (κ3) is 3.94. The first-order chi connectivity index (χ1) is 6.72. The van der Waals surface area contributed by atoms with Gasteiger partial charge in [0.05, 0.1) is 6.54 Å². The largest absolute Gasteiger partial charge is 0.465 e. The van der Waals surface area contributed by atoms with Gasteiger partial charge in [0.15, 0.2) is 0 Å². The Kier molecular flexibility index (Phi) is 4.70. The number of likely N-dealkylation sites (N-methyl/N-ethyl adjacent to an activating group) is 1. The summed E-state index contributed by atoms with van der Waals surface area (Å²) >= 11 is 0. The van der Waals surface area contributed by atoms with Crippen molar-refractivity contribution in [1.29, 1.82) is 0 Å². The van der Waals surface area contributed by atoms with Crippen molar-refractivity contribution in [3.05, 3.63) is 23.7 Å². The van der Waals surface area contributed by atoms with Crippen LogP contribution in [0.3, 0.4) is 0 Å². The quantitative estimate of drug-likeness (QED) is 0.699. The Morgan fingerprint density at radius 1 is 1.29 bits per heavy atom. The van der Waals surface area contributed by atoms with E-state index >= 15 is 0 Å². The van der Waals surface area contributed by atoms with Gasteiger partial charge in [-0.25, -0.2) is 0 Å². The van der Waals surface area contributed by atoms with E-state index in [0.717, 1.165) is 37.6 Å². The first-order valence-electron chi connectivity index (χ1n) is 5.15. The number of hydrogen-bond acceptors (Lipinski definition) is 3. The van der Waals surface area contributed by atoms with E-state index in [-0.39, 0.29) is 0 Å². The van der Waals surface area contributed by atoms with Gasteiger partial charge in [-0.3, -0.25) is 0 Å². The lowest BCUT2D eigenvalue weighted by Gasteiger charge is -2.09. The van der Waals surface area contributed by atoms with E-state index in [0.29, 0.717) is 0 Å². The van der Waals surface area contributed by atoms with E-state index in [9.17, 15) is 0 Å². The summed E-state index contributed by atoms with van der Waals surface area (Å²) < 4.78 is 5.56. The molecule has 0 saturated carbocycles. The van der Waals surface area contributed by atoms with E-state index in [4.69, 9.17) is 4.42 Å². The van der Waals surface area contributed by atoms with Crippen LogP contribution in [-0.4, -0.2) is 32.1 Å². The molecule has 0 aromatic carbocycles. The molecule has 0 aliphatic rings. The van der Waals surface area contributed by atoms with Crippen molar-refractivity contribution in [1.82, 2.24) is 10.2 Å². The van der Waals surface area contributed by atoms with Crippen LogP contribution in [0, 0.1) is 0 Å². The molecule has 1 aromatic rings. The van der Waals surface area contributed by atoms with Gasteiger partial charge in [-0.15, -0.1) is 0 Å². The Bertz CT molecular complexity index is 256. The van der Waals surface area contributed by atoms with Crippen LogP contribution < -0.4 is 5.32 Å². The zero-order chi connectivity index (χ0) is 10.4. The summed E-state index contributed by atoms with van der Waals surface area (Å²) in [5, 5.41) is 3.34. The summed E-state index contributed by atoms with van der Waals surface area (Å²) in [6.07, 6.45) is 0.970. The number of nitrogens with one attached hydrogen (secondary N) is 1. The zero-order valence-electron chi connectivity index (χ0n) is 9.34. The van der Waals surface area contributed by atoms with Crippen LogP contribution in [0.4, 0.5) is 0 Å². The number of furan rings is 1. The summed E-state index contributed by atoms with van der Waals surface area (Å²) in [5.41, 5.74) is 0. The Hall–Kier alpha value is -0.800. The van der Waals surface area contributed by atoms with E-state index in [1.165, 1.54) is 0 Å². The smallest absolute Gasteiger partial charge is 0.117 e. The summed E-state index contributed by atoms with van der Waals surface area (Å²) in [6.45, 7) is 4.98. The minimum Gasteiger partial charge on any atom is -0.465 e. The molecule has 14 heavy (non-hydrogen) atoms. The predicted octanol–water partition coefficient (Wildman–Crippen LogP) is 1.49. The molecule has 0 fully saturated rings. The molecule has 3 heteroatoms. The first-order valence-corrected chi connectivity index (χ1v) is 5.15. The van der Waals surface area contributed by atoms with Crippen LogP contribution in [-0.2, 0) is 13.0 Å². The summed E-state index contributed by atoms with van der Waals surface area (Å²) in [7, 11) is 4.15. The molecule has 0 unspecified atom stereocenters. The van der Waals surface area contributed by atoms with Crippen LogP contribution >= 0.6 is 0 Å². The van der Waals surface area contributed by atoms with Crippen molar-refractivity contribution in [2.45, 2.75) is 19.9 Å². The highest BCUT2D eigenvalue weighted by molar-refractivity contribution is 5.06. The average Bonchev–Trinajstić information content (AvgIpc) is 2.60. The fourth-order valence-electron chi connectivity index (χ4n) is 1.22. The molecule has 0 spiro atoms. The molecule has 0 radical (unpaired) electrons. The predicted molar refractivity (Wildman–Crippen MR) is 58.3 cm³/mol. The van der Waals surface area contributed by atoms with Crippen LogP contribution in [0.5, 0.6) is 0 Å². The maximum Gasteiger partial charge on any atom is 0.117 e. The maximum absolute atomic E-state index is 5.56. The second-order valence-electron chi connectivity index (χ2n) is 3.70. The Balaban J connectivity index is 2.18. The van der Waals surface area contributed by atoms with Crippen LogP contribution in [0.25, 0.3) is 0 Å². The molecule has 1 rings (SSSR count). The Morgan fingerprint density at radius 3 is 2.57 bits per heavy atom. The molecular weight excluding hydrogens is 176 g/mol. The average molecular weight is 196 g/mol. The topological polar surface area (TPSA) is 28.4 Å². The normalized spacial score (nSPS) is 11.1. The second kappa shape index (κ2) is 5.83. The lowest BCUT2D eigenvalue weighted by atomic mass is 10.3. The van der Waals surface area contributed by atoms with Gasteiger partial charge < -0.3 is 14.6 Å². The second-order valence-corrected chi connectivity index (χ2v) is 3.70. The summed E-state index contributed by atoms with van der Waals surface area (Å²) in [4.78, 5) is 2.16. The number of rotatable bonds is 6. The number of aryl methyl sites for hydroxylation is 1. The fourth-order valence-corrected chi connectivity index (χ4v) is 1.22. The van der Waals surface area contributed by atoms with Gasteiger partial charge in [0.2, 0.25) is 0 Å². The van der Waals surface area contributed by atoms with E-state index in [2.05, 4.69) is 31.2 Å². The number of hydrogen-bond donors (Lipinski definition) is 1. The summed E-state index contributed by atoms with van der Waals surface area (Å²) in [5.74, 6) is 2.09. The number of nitrogens with zero attached hydrogens (tertiary/aromatic N) is 1. The van der Waals surface area contributed by atoms with Crippen molar-refractivity contribution in [3.8, 4) is 0 Å². The van der Waals surface area contributed by atoms with Gasteiger partial charge in [-0.1, -0.05) is 6.92 Å². The van der Waals surface area contributed by atoms with Crippen molar-refractivity contribution in [3.63, 3.8) is 0 Å². The standard InChI is InChI=1S/C11H20N2O/c1-4-10-5-6-11(14-10)9-12-7-8-13(2)3/h5-6,12H,4,7-9H2,1-3H3. The van der Waals surface area contributed by atoms with Gasteiger partial charge in [0, 0.05) is 19.5 Å². The highest BCUT2D eigenvalue weighted by Crippen LogP contribution is 2.07. The van der Waals surface area contributed by atoms with Crippen molar-refractivity contribution in [2.75, 3.05) is 27.2 Å². The highest BCUT2D eigenvalue weighted by atomic mass is 16.3. The molecule has 80 valence electrons. The third-order valence-corrected chi connectivity index (χ3v) is 2.10. The lowest BCUT2D eigenvalue weighted by Crippen LogP contribution is -2.26. The molecule has 3 nitrogen and oxygen atoms in total. The highest BCUT2D eigenvalue weighted by Gasteiger charge is 1.99. The third-order valence-electron chi connectivity index (χ3n) is 2.10. The Labute approximate surface area is 86.1 Å². The van der Waals surface area contributed by atoms with E-state index < -0.39 is 0 Å².